The quantitative estimate of drug-likeness (QED) is 0.923. The highest BCUT2D eigenvalue weighted by molar-refractivity contribution is 9.10. The van der Waals surface area contributed by atoms with E-state index in [1.165, 1.54) is 18.6 Å². The van der Waals surface area contributed by atoms with E-state index in [4.69, 9.17) is 9.15 Å². The first-order valence-corrected chi connectivity index (χ1v) is 6.39. The first-order chi connectivity index (χ1) is 9.15. The van der Waals surface area contributed by atoms with E-state index in [-0.39, 0.29) is 24.4 Å². The zero-order valence-corrected chi connectivity index (χ0v) is 11.2. The van der Waals surface area contributed by atoms with Crippen LogP contribution in [0.3, 0.4) is 0 Å². The van der Waals surface area contributed by atoms with Crippen molar-refractivity contribution in [3.8, 4) is 5.75 Å². The summed E-state index contributed by atoms with van der Waals surface area (Å²) in [4.78, 5) is 11.9. The predicted molar refractivity (Wildman–Crippen MR) is 68.5 cm³/mol. The molecule has 0 saturated carbocycles. The van der Waals surface area contributed by atoms with E-state index in [0.717, 1.165) is 5.56 Å². The summed E-state index contributed by atoms with van der Waals surface area (Å²) in [5.74, 6) is -0.186. The van der Waals surface area contributed by atoms with Gasteiger partial charge in [0.15, 0.2) is 0 Å². The van der Waals surface area contributed by atoms with Gasteiger partial charge in [0.05, 0.1) is 22.3 Å². The Hall–Kier alpha value is -1.82. The molecule has 1 aromatic carbocycles. The molecule has 1 aliphatic heterocycles. The van der Waals surface area contributed by atoms with Crippen LogP contribution in [0.25, 0.3) is 0 Å². The van der Waals surface area contributed by atoms with Crippen LogP contribution >= 0.6 is 15.9 Å². The van der Waals surface area contributed by atoms with E-state index in [1.54, 1.807) is 12.1 Å². The maximum absolute atomic E-state index is 13.4. The van der Waals surface area contributed by atoms with Gasteiger partial charge in [0, 0.05) is 11.6 Å². The molecular weight excluding hydrogens is 317 g/mol. The van der Waals surface area contributed by atoms with Gasteiger partial charge in [-0.2, -0.15) is 0 Å². The number of rotatable bonds is 2. The van der Waals surface area contributed by atoms with E-state index < -0.39 is 0 Å². The average Bonchev–Trinajstić information content (AvgIpc) is 3.01. The number of amides is 1. The largest absolute Gasteiger partial charge is 0.491 e. The Morgan fingerprint density at radius 2 is 2.32 bits per heavy atom. The van der Waals surface area contributed by atoms with Gasteiger partial charge in [0.25, 0.3) is 5.91 Å². The summed E-state index contributed by atoms with van der Waals surface area (Å²) in [6.07, 6.45) is 2.80. The molecule has 1 amide bonds. The van der Waals surface area contributed by atoms with Crippen LogP contribution in [0.2, 0.25) is 0 Å². The summed E-state index contributed by atoms with van der Waals surface area (Å²) < 4.78 is 23.9. The highest BCUT2D eigenvalue weighted by atomic mass is 79.9. The molecule has 19 heavy (non-hydrogen) atoms. The van der Waals surface area contributed by atoms with Crippen molar-refractivity contribution >= 4 is 21.8 Å². The normalized spacial score (nSPS) is 16.8. The molecule has 3 rings (SSSR count). The van der Waals surface area contributed by atoms with E-state index in [1.807, 2.05) is 0 Å². The van der Waals surface area contributed by atoms with Gasteiger partial charge in [-0.15, -0.1) is 0 Å². The van der Waals surface area contributed by atoms with Gasteiger partial charge in [0.2, 0.25) is 0 Å². The van der Waals surface area contributed by atoms with Gasteiger partial charge in [0.1, 0.15) is 24.4 Å². The molecule has 1 atom stereocenters. The first kappa shape index (κ1) is 12.2. The van der Waals surface area contributed by atoms with Crippen LogP contribution in [0.1, 0.15) is 22.0 Å². The van der Waals surface area contributed by atoms with Crippen molar-refractivity contribution in [1.29, 1.82) is 0 Å². The molecule has 1 aromatic heterocycles. The number of carbonyl (C=O) groups is 1. The minimum Gasteiger partial charge on any atom is -0.491 e. The topological polar surface area (TPSA) is 51.5 Å². The number of carbonyl (C=O) groups excluding carboxylic acids is 1. The fraction of sp³-hybridized carbons (Fsp3) is 0.154. The Morgan fingerprint density at radius 3 is 3.05 bits per heavy atom. The van der Waals surface area contributed by atoms with Crippen LogP contribution in [-0.4, -0.2) is 12.5 Å². The van der Waals surface area contributed by atoms with E-state index >= 15 is 0 Å². The van der Waals surface area contributed by atoms with Gasteiger partial charge >= 0.3 is 0 Å². The molecule has 0 bridgehead atoms. The maximum atomic E-state index is 13.4. The Morgan fingerprint density at radius 1 is 1.47 bits per heavy atom. The van der Waals surface area contributed by atoms with Gasteiger partial charge in [-0.25, -0.2) is 4.39 Å². The second-order valence-corrected chi connectivity index (χ2v) is 5.01. The van der Waals surface area contributed by atoms with Crippen LogP contribution in [0.5, 0.6) is 5.75 Å². The molecule has 0 aliphatic carbocycles. The summed E-state index contributed by atoms with van der Waals surface area (Å²) in [5, 5.41) is 2.82. The number of nitrogens with one attached hydrogen (secondary N) is 1. The summed E-state index contributed by atoms with van der Waals surface area (Å²) in [5.41, 5.74) is 1.19. The molecule has 98 valence electrons. The predicted octanol–water partition coefficient (Wildman–Crippen LogP) is 3.04. The van der Waals surface area contributed by atoms with Crippen LogP contribution in [0.15, 0.2) is 39.6 Å². The van der Waals surface area contributed by atoms with Crippen molar-refractivity contribution in [3.63, 3.8) is 0 Å². The second-order valence-electron chi connectivity index (χ2n) is 4.15. The summed E-state index contributed by atoms with van der Waals surface area (Å²) in [7, 11) is 0. The fourth-order valence-corrected chi connectivity index (χ4v) is 2.32. The number of hydrogen-bond acceptors (Lipinski definition) is 3. The first-order valence-electron chi connectivity index (χ1n) is 5.60. The zero-order valence-electron chi connectivity index (χ0n) is 9.65. The second kappa shape index (κ2) is 4.70. The molecule has 4 nitrogen and oxygen atoms in total. The van der Waals surface area contributed by atoms with Crippen molar-refractivity contribution in [3.05, 3.63) is 52.1 Å². The highest BCUT2D eigenvalue weighted by Gasteiger charge is 2.27. The van der Waals surface area contributed by atoms with Crippen LogP contribution in [-0.2, 0) is 0 Å². The van der Waals surface area contributed by atoms with E-state index in [9.17, 15) is 9.18 Å². The molecular formula is C13H9BrFNO3. The summed E-state index contributed by atoms with van der Waals surface area (Å²) in [6.45, 7) is 0.287. The lowest BCUT2D eigenvalue weighted by atomic mass is 10.1. The molecule has 6 heteroatoms. The van der Waals surface area contributed by atoms with Crippen LogP contribution in [0.4, 0.5) is 4.39 Å². The van der Waals surface area contributed by atoms with E-state index in [2.05, 4.69) is 21.2 Å². The third-order valence-electron chi connectivity index (χ3n) is 2.92. The van der Waals surface area contributed by atoms with Crippen molar-refractivity contribution in [2.24, 2.45) is 0 Å². The van der Waals surface area contributed by atoms with Gasteiger partial charge in [-0.1, -0.05) is 0 Å². The Kier molecular flexibility index (Phi) is 3.02. The van der Waals surface area contributed by atoms with Crippen molar-refractivity contribution in [2.45, 2.75) is 6.04 Å². The number of hydrogen-bond donors (Lipinski definition) is 1. The number of fused-ring (bicyclic) bond motifs is 1. The van der Waals surface area contributed by atoms with Gasteiger partial charge < -0.3 is 14.5 Å². The molecule has 1 N–H and O–H groups in total. The number of furan rings is 1. The molecule has 0 saturated heterocycles. The van der Waals surface area contributed by atoms with Crippen molar-refractivity contribution in [2.75, 3.05) is 6.61 Å². The minimum atomic E-state index is -0.388. The molecule has 0 spiro atoms. The third kappa shape index (κ3) is 2.23. The number of halogens is 2. The molecule has 0 fully saturated rings. The molecule has 1 unspecified atom stereocenters. The van der Waals surface area contributed by atoms with Crippen LogP contribution in [0, 0.1) is 5.82 Å². The van der Waals surface area contributed by atoms with Crippen molar-refractivity contribution in [1.82, 2.24) is 5.32 Å². The monoisotopic (exact) mass is 325 g/mol. The Labute approximate surface area is 116 Å². The summed E-state index contributed by atoms with van der Waals surface area (Å²) >= 11 is 3.12. The zero-order chi connectivity index (χ0) is 13.4. The van der Waals surface area contributed by atoms with Gasteiger partial charge in [-0.05, 0) is 28.1 Å². The van der Waals surface area contributed by atoms with E-state index in [0.29, 0.717) is 15.8 Å². The molecule has 1 aliphatic rings. The maximum Gasteiger partial charge on any atom is 0.255 e. The fourth-order valence-electron chi connectivity index (χ4n) is 1.96. The SMILES string of the molecule is O=C(NC1COc2cc(F)c(Br)cc21)c1ccoc1. The lowest BCUT2D eigenvalue weighted by molar-refractivity contribution is 0.0929. The Balaban J connectivity index is 1.83. The minimum absolute atomic E-state index is 0.254. The van der Waals surface area contributed by atoms with Crippen molar-refractivity contribution < 1.29 is 18.3 Å². The lowest BCUT2D eigenvalue weighted by Crippen LogP contribution is -2.29. The smallest absolute Gasteiger partial charge is 0.255 e. The third-order valence-corrected chi connectivity index (χ3v) is 3.53. The number of benzene rings is 1. The molecule has 2 heterocycles. The van der Waals surface area contributed by atoms with Crippen LogP contribution < -0.4 is 10.1 Å². The average molecular weight is 326 g/mol. The number of ether oxygens (including phenoxy) is 1. The molecule has 0 radical (unpaired) electrons. The highest BCUT2D eigenvalue weighted by Crippen LogP contribution is 2.36. The lowest BCUT2D eigenvalue weighted by Gasteiger charge is -2.11. The van der Waals surface area contributed by atoms with Gasteiger partial charge in [-0.3, -0.25) is 4.79 Å². The molecule has 2 aromatic rings. The Bertz CT molecular complexity index is 627. The summed E-state index contributed by atoms with van der Waals surface area (Å²) in [6, 6.07) is 4.21. The standard InChI is InChI=1S/C13H9BrFNO3/c14-9-3-8-11(6-19-12(8)4-10(9)15)16-13(17)7-1-2-18-5-7/h1-5,11H,6H2,(H,16,17).